The van der Waals surface area contributed by atoms with Gasteiger partial charge in [-0.15, -0.1) is 0 Å². The molecule has 140 valence electrons. The first kappa shape index (κ1) is 18.5. The number of piperidine rings is 1. The number of rotatable bonds is 4. The number of hydrogen-bond donors (Lipinski definition) is 1. The summed E-state index contributed by atoms with van der Waals surface area (Å²) in [4.78, 5) is 32.5. The zero-order valence-corrected chi connectivity index (χ0v) is 16.3. The summed E-state index contributed by atoms with van der Waals surface area (Å²) in [6.07, 6.45) is 1.51. The van der Waals surface area contributed by atoms with Gasteiger partial charge in [-0.3, -0.25) is 9.59 Å². The Morgan fingerprint density at radius 3 is 2.42 bits per heavy atom. The van der Waals surface area contributed by atoms with Gasteiger partial charge in [0.25, 0.3) is 5.91 Å². The van der Waals surface area contributed by atoms with E-state index in [1.54, 1.807) is 0 Å². The Balaban J connectivity index is 1.69. The van der Waals surface area contributed by atoms with Crippen LogP contribution in [-0.4, -0.2) is 52.8 Å². The summed E-state index contributed by atoms with van der Waals surface area (Å²) in [6, 6.07) is 5.87. The lowest BCUT2D eigenvalue weighted by molar-refractivity contribution is -0.136. The van der Waals surface area contributed by atoms with E-state index in [-0.39, 0.29) is 17.7 Å². The van der Waals surface area contributed by atoms with Crippen LogP contribution in [-0.2, 0) is 4.79 Å². The number of aromatic nitrogens is 1. The van der Waals surface area contributed by atoms with E-state index in [4.69, 9.17) is 0 Å². The molecular weight excluding hydrogens is 326 g/mol. The Bertz CT molecular complexity index is 812. The number of benzene rings is 1. The molecule has 2 aromatic rings. The number of aromatic amines is 1. The second kappa shape index (κ2) is 7.52. The number of likely N-dealkylation sites (tertiary alicyclic amines) is 1. The predicted molar refractivity (Wildman–Crippen MR) is 104 cm³/mol. The zero-order valence-electron chi connectivity index (χ0n) is 16.3. The Hall–Kier alpha value is -2.30. The maximum atomic E-state index is 12.9. The van der Waals surface area contributed by atoms with Gasteiger partial charge in [0, 0.05) is 54.3 Å². The highest BCUT2D eigenvalue weighted by atomic mass is 16.2. The summed E-state index contributed by atoms with van der Waals surface area (Å²) >= 11 is 0. The van der Waals surface area contributed by atoms with Crippen molar-refractivity contribution in [3.8, 4) is 0 Å². The molecule has 0 unspecified atom stereocenters. The fourth-order valence-corrected chi connectivity index (χ4v) is 3.90. The van der Waals surface area contributed by atoms with Crippen molar-refractivity contribution in [3.63, 3.8) is 0 Å². The molecule has 1 fully saturated rings. The van der Waals surface area contributed by atoms with Crippen molar-refractivity contribution in [1.82, 2.24) is 14.8 Å². The molecule has 5 heteroatoms. The van der Waals surface area contributed by atoms with Crippen molar-refractivity contribution in [2.24, 2.45) is 5.92 Å². The molecule has 26 heavy (non-hydrogen) atoms. The summed E-state index contributed by atoms with van der Waals surface area (Å²) in [5, 5.41) is 1.11. The van der Waals surface area contributed by atoms with E-state index in [1.807, 2.05) is 41.8 Å². The smallest absolute Gasteiger partial charge is 0.253 e. The first-order valence-corrected chi connectivity index (χ1v) is 9.63. The first-order valence-electron chi connectivity index (χ1n) is 9.63. The van der Waals surface area contributed by atoms with Gasteiger partial charge >= 0.3 is 0 Å². The molecule has 2 heterocycles. The number of H-pyrrole nitrogens is 1. The highest BCUT2D eigenvalue weighted by Gasteiger charge is 2.29. The molecule has 0 bridgehead atoms. The van der Waals surface area contributed by atoms with E-state index in [1.165, 1.54) is 5.56 Å². The van der Waals surface area contributed by atoms with Gasteiger partial charge in [-0.05, 0) is 64.3 Å². The molecule has 1 N–H and O–H groups in total. The van der Waals surface area contributed by atoms with Crippen LogP contribution in [0.1, 0.15) is 48.3 Å². The van der Waals surface area contributed by atoms with E-state index in [0.717, 1.165) is 48.1 Å². The van der Waals surface area contributed by atoms with Crippen LogP contribution in [0.4, 0.5) is 0 Å². The fraction of sp³-hybridized carbons (Fsp3) is 0.524. The molecule has 0 saturated carbocycles. The zero-order chi connectivity index (χ0) is 18.8. The van der Waals surface area contributed by atoms with Crippen molar-refractivity contribution in [1.29, 1.82) is 0 Å². The average molecular weight is 355 g/mol. The van der Waals surface area contributed by atoms with Crippen LogP contribution < -0.4 is 0 Å². The molecular formula is C21H29N3O2. The van der Waals surface area contributed by atoms with Crippen molar-refractivity contribution < 1.29 is 9.59 Å². The molecule has 1 aromatic heterocycles. The first-order chi connectivity index (χ1) is 12.5. The van der Waals surface area contributed by atoms with Crippen LogP contribution >= 0.6 is 0 Å². The van der Waals surface area contributed by atoms with Crippen LogP contribution in [0.5, 0.6) is 0 Å². The van der Waals surface area contributed by atoms with E-state index < -0.39 is 0 Å². The highest BCUT2D eigenvalue weighted by molar-refractivity contribution is 5.99. The van der Waals surface area contributed by atoms with Gasteiger partial charge in [-0.2, -0.15) is 0 Å². The van der Waals surface area contributed by atoms with Crippen LogP contribution in [0, 0.1) is 19.8 Å². The number of hydrogen-bond acceptors (Lipinski definition) is 2. The molecule has 3 rings (SSSR count). The maximum Gasteiger partial charge on any atom is 0.253 e. The molecule has 2 amide bonds. The quantitative estimate of drug-likeness (QED) is 0.912. The Morgan fingerprint density at radius 1 is 1.15 bits per heavy atom. The van der Waals surface area contributed by atoms with Crippen LogP contribution in [0.15, 0.2) is 18.2 Å². The summed E-state index contributed by atoms with van der Waals surface area (Å²) < 4.78 is 0. The molecule has 1 aliphatic heterocycles. The number of carbonyl (C=O) groups is 2. The number of nitrogens with zero attached hydrogens (tertiary/aromatic N) is 2. The topological polar surface area (TPSA) is 56.4 Å². The van der Waals surface area contributed by atoms with Crippen LogP contribution in [0.25, 0.3) is 10.9 Å². The number of fused-ring (bicyclic) bond motifs is 1. The van der Waals surface area contributed by atoms with E-state index in [9.17, 15) is 9.59 Å². The molecule has 1 saturated heterocycles. The SMILES string of the molecule is CCN(CC)C(=O)C1CCN(C(=O)c2ccc3[nH]c(C)c(C)c3c2)CC1. The second-order valence-electron chi connectivity index (χ2n) is 7.21. The summed E-state index contributed by atoms with van der Waals surface area (Å²) in [5.41, 5.74) is 4.13. The van der Waals surface area contributed by atoms with Gasteiger partial charge in [-0.1, -0.05) is 0 Å². The van der Waals surface area contributed by atoms with Gasteiger partial charge in [0.15, 0.2) is 0 Å². The molecule has 5 nitrogen and oxygen atoms in total. The lowest BCUT2D eigenvalue weighted by Crippen LogP contribution is -2.44. The average Bonchev–Trinajstić information content (AvgIpc) is 2.95. The maximum absolute atomic E-state index is 12.9. The predicted octanol–water partition coefficient (Wildman–Crippen LogP) is 3.51. The third-order valence-corrected chi connectivity index (χ3v) is 5.76. The third kappa shape index (κ3) is 3.35. The van der Waals surface area contributed by atoms with E-state index >= 15 is 0 Å². The minimum absolute atomic E-state index is 0.0518. The number of carbonyl (C=O) groups excluding carboxylic acids is 2. The highest BCUT2D eigenvalue weighted by Crippen LogP contribution is 2.25. The van der Waals surface area contributed by atoms with Crippen LogP contribution in [0.2, 0.25) is 0 Å². The standard InChI is InChI=1S/C21H29N3O2/c1-5-23(6-2)20(25)16-9-11-24(12-10-16)21(26)17-7-8-19-18(13-17)14(3)15(4)22-19/h7-8,13,16,22H,5-6,9-12H2,1-4H3. The van der Waals surface area contributed by atoms with E-state index in [2.05, 4.69) is 18.8 Å². The van der Waals surface area contributed by atoms with Gasteiger partial charge in [0.2, 0.25) is 5.91 Å². The van der Waals surface area contributed by atoms with Crippen LogP contribution in [0.3, 0.4) is 0 Å². The lowest BCUT2D eigenvalue weighted by atomic mass is 9.94. The number of amides is 2. The van der Waals surface area contributed by atoms with Gasteiger partial charge < -0.3 is 14.8 Å². The summed E-state index contributed by atoms with van der Waals surface area (Å²) in [5.74, 6) is 0.358. The van der Waals surface area contributed by atoms with Crippen molar-refractivity contribution in [3.05, 3.63) is 35.0 Å². The van der Waals surface area contributed by atoms with Crippen molar-refractivity contribution in [2.45, 2.75) is 40.5 Å². The molecule has 0 radical (unpaired) electrons. The fourth-order valence-electron chi connectivity index (χ4n) is 3.90. The molecule has 0 atom stereocenters. The Kier molecular flexibility index (Phi) is 5.35. The molecule has 1 aliphatic rings. The lowest BCUT2D eigenvalue weighted by Gasteiger charge is -2.33. The largest absolute Gasteiger partial charge is 0.358 e. The monoisotopic (exact) mass is 355 g/mol. The molecule has 1 aromatic carbocycles. The number of aryl methyl sites for hydroxylation is 2. The molecule has 0 aliphatic carbocycles. The van der Waals surface area contributed by atoms with E-state index in [0.29, 0.717) is 13.1 Å². The number of nitrogens with one attached hydrogen (secondary N) is 1. The minimum atomic E-state index is 0.0518. The summed E-state index contributed by atoms with van der Waals surface area (Å²) in [7, 11) is 0. The second-order valence-corrected chi connectivity index (χ2v) is 7.21. The molecule has 0 spiro atoms. The van der Waals surface area contributed by atoms with Crippen molar-refractivity contribution >= 4 is 22.7 Å². The Labute approximate surface area is 155 Å². The Morgan fingerprint density at radius 2 is 1.81 bits per heavy atom. The third-order valence-electron chi connectivity index (χ3n) is 5.76. The van der Waals surface area contributed by atoms with Crippen molar-refractivity contribution in [2.75, 3.05) is 26.2 Å². The van der Waals surface area contributed by atoms with Gasteiger partial charge in [0.1, 0.15) is 0 Å². The summed E-state index contributed by atoms with van der Waals surface area (Å²) in [6.45, 7) is 11.0. The van der Waals surface area contributed by atoms with Gasteiger partial charge in [-0.25, -0.2) is 0 Å². The normalized spacial score (nSPS) is 15.5. The minimum Gasteiger partial charge on any atom is -0.358 e. The van der Waals surface area contributed by atoms with Gasteiger partial charge in [0.05, 0.1) is 0 Å².